The number of carbonyl (C=O) groups excluding carboxylic acids is 3. The van der Waals surface area contributed by atoms with Crippen molar-refractivity contribution in [2.24, 2.45) is 34.5 Å². The summed E-state index contributed by atoms with van der Waals surface area (Å²) >= 11 is 0. The fourth-order valence-electron chi connectivity index (χ4n) is 6.66. The molecule has 7 nitrogen and oxygen atoms in total. The molecule has 0 saturated heterocycles. The van der Waals surface area contributed by atoms with Crippen molar-refractivity contribution in [2.75, 3.05) is 0 Å². The van der Waals surface area contributed by atoms with Crippen molar-refractivity contribution in [2.45, 2.75) is 79.3 Å². The van der Waals surface area contributed by atoms with Crippen LogP contribution in [0.2, 0.25) is 0 Å². The predicted molar refractivity (Wildman–Crippen MR) is 98.8 cm³/mol. The van der Waals surface area contributed by atoms with Gasteiger partial charge in [0.05, 0.1) is 7.45 Å². The van der Waals surface area contributed by atoms with Crippen LogP contribution < -0.4 is 0 Å². The van der Waals surface area contributed by atoms with Gasteiger partial charge in [0.2, 0.25) is 0 Å². The number of fused-ring (bicyclic) bond motifs is 2. The molecular weight excluding hydrogens is 364 g/mol. The molecule has 0 aromatic heterocycles. The highest BCUT2D eigenvalue weighted by atomic mass is 16.6. The zero-order valence-corrected chi connectivity index (χ0v) is 17.6. The first-order valence-corrected chi connectivity index (χ1v) is 9.89. The molecule has 4 rings (SSSR count). The lowest BCUT2D eigenvalue weighted by Crippen LogP contribution is -2.72. The molecule has 0 unspecified atom stereocenters. The Morgan fingerprint density at radius 1 is 0.893 bits per heavy atom. The van der Waals surface area contributed by atoms with E-state index >= 15 is 0 Å². The van der Waals surface area contributed by atoms with Gasteiger partial charge in [-0.25, -0.2) is 0 Å². The number of hydrogen-bond acceptors (Lipinski definition) is 7. The first kappa shape index (κ1) is 19.7. The van der Waals surface area contributed by atoms with Crippen molar-refractivity contribution in [3.05, 3.63) is 0 Å². The molecule has 1 N–H and O–H groups in total. The minimum atomic E-state index is -1.73. The van der Waals surface area contributed by atoms with Gasteiger partial charge in [0.15, 0.2) is 6.10 Å². The first-order chi connectivity index (χ1) is 13.2. The molecule has 4 fully saturated rings. The zero-order chi connectivity index (χ0) is 22.1. The van der Waals surface area contributed by atoms with Gasteiger partial charge in [0.1, 0.15) is 12.2 Å². The van der Waals surface area contributed by atoms with Gasteiger partial charge in [0.25, 0.3) is 0 Å². The van der Waals surface area contributed by atoms with Crippen LogP contribution in [0.1, 0.15) is 56.3 Å². The van der Waals surface area contributed by atoms with E-state index in [4.69, 9.17) is 15.6 Å². The van der Waals surface area contributed by atoms with Gasteiger partial charge in [-0.3, -0.25) is 14.4 Å². The van der Waals surface area contributed by atoms with Crippen LogP contribution in [0.25, 0.3) is 0 Å². The van der Waals surface area contributed by atoms with Crippen LogP contribution in [-0.4, -0.2) is 47.4 Å². The molecule has 9 atom stereocenters. The summed E-state index contributed by atoms with van der Waals surface area (Å²) in [7, 11) is 0. The second kappa shape index (κ2) is 6.71. The molecule has 0 aromatic carbocycles. The van der Waals surface area contributed by atoms with Crippen molar-refractivity contribution >= 4 is 17.9 Å². The van der Waals surface area contributed by atoms with Crippen LogP contribution in [0, 0.1) is 34.5 Å². The topological polar surface area (TPSA) is 99.1 Å². The average Bonchev–Trinajstić information content (AvgIpc) is 2.58. The number of ether oxygens (including phenoxy) is 3. The van der Waals surface area contributed by atoms with Crippen LogP contribution >= 0.6 is 0 Å². The van der Waals surface area contributed by atoms with Gasteiger partial charge in [-0.05, 0) is 30.1 Å². The summed E-state index contributed by atoms with van der Waals surface area (Å²) in [5.41, 5.74) is -1.52. The van der Waals surface area contributed by atoms with Crippen LogP contribution in [0.5, 0.6) is 0 Å². The van der Waals surface area contributed by atoms with Gasteiger partial charge < -0.3 is 19.3 Å². The fraction of sp³-hybridized carbons (Fsp3) is 0.857. The van der Waals surface area contributed by atoms with Gasteiger partial charge >= 0.3 is 17.9 Å². The third kappa shape index (κ3) is 2.85. The Labute approximate surface area is 167 Å². The largest absolute Gasteiger partial charge is 0.458 e. The highest BCUT2D eigenvalue weighted by molar-refractivity contribution is 5.68. The lowest BCUT2D eigenvalue weighted by Gasteiger charge is -2.70. The predicted octanol–water partition coefficient (Wildman–Crippen LogP) is 2.09. The molecule has 0 heterocycles. The van der Waals surface area contributed by atoms with Crippen molar-refractivity contribution in [1.29, 1.82) is 0 Å². The second-order valence-electron chi connectivity index (χ2n) is 9.52. The normalized spacial score (nSPS) is 49.0. The summed E-state index contributed by atoms with van der Waals surface area (Å²) in [5.74, 6) is -2.37. The van der Waals surface area contributed by atoms with E-state index in [1.807, 2.05) is 27.7 Å². The van der Waals surface area contributed by atoms with E-state index in [0.717, 1.165) is 0 Å². The van der Waals surface area contributed by atoms with E-state index in [9.17, 15) is 19.5 Å². The van der Waals surface area contributed by atoms with Crippen molar-refractivity contribution in [3.8, 4) is 0 Å². The number of esters is 3. The molecular formula is C21H32O7. The van der Waals surface area contributed by atoms with Crippen molar-refractivity contribution < 1.29 is 35.1 Å². The van der Waals surface area contributed by atoms with Gasteiger partial charge in [-0.1, -0.05) is 27.7 Å². The molecule has 4 bridgehead atoms. The van der Waals surface area contributed by atoms with Crippen LogP contribution in [0.3, 0.4) is 0 Å². The van der Waals surface area contributed by atoms with E-state index in [2.05, 4.69) is 0 Å². The molecule has 28 heavy (non-hydrogen) atoms. The molecule has 4 aliphatic rings. The molecule has 0 radical (unpaired) electrons. The lowest BCUT2D eigenvalue weighted by atomic mass is 9.35. The summed E-state index contributed by atoms with van der Waals surface area (Å²) in [6.45, 7) is 11.5. The van der Waals surface area contributed by atoms with Crippen LogP contribution in [0.15, 0.2) is 0 Å². The minimum absolute atomic E-state index is 0.0103. The number of carbonyl (C=O) groups is 3. The van der Waals surface area contributed by atoms with Crippen molar-refractivity contribution in [1.82, 2.24) is 0 Å². The zero-order valence-electron chi connectivity index (χ0n) is 18.6. The van der Waals surface area contributed by atoms with E-state index < -0.39 is 59.0 Å². The molecule has 7 heteroatoms. The molecule has 4 aliphatic carbocycles. The summed E-state index contributed by atoms with van der Waals surface area (Å²) < 4.78 is 25.7. The first-order valence-electron chi connectivity index (χ1n) is 10.4. The van der Waals surface area contributed by atoms with Gasteiger partial charge in [-0.2, -0.15) is 0 Å². The quantitative estimate of drug-likeness (QED) is 0.575. The average molecular weight is 397 g/mol. The maximum Gasteiger partial charge on any atom is 0.303 e. The molecule has 0 aromatic rings. The third-order valence-electron chi connectivity index (χ3n) is 7.33. The van der Waals surface area contributed by atoms with E-state index in [1.54, 1.807) is 0 Å². The number of rotatable bonds is 3. The summed E-state index contributed by atoms with van der Waals surface area (Å²) in [5, 5.41) is 11.1. The maximum atomic E-state index is 12.0. The van der Waals surface area contributed by atoms with Crippen molar-refractivity contribution in [3.63, 3.8) is 0 Å². The molecule has 158 valence electrons. The Balaban J connectivity index is 2.24. The summed E-state index contributed by atoms with van der Waals surface area (Å²) in [6, 6.07) is 0. The molecule has 0 aliphatic heterocycles. The summed E-state index contributed by atoms with van der Waals surface area (Å²) in [4.78, 5) is 36.0. The van der Waals surface area contributed by atoms with E-state index in [1.165, 1.54) is 20.8 Å². The van der Waals surface area contributed by atoms with Crippen LogP contribution in [0.4, 0.5) is 0 Å². The number of aliphatic hydroxyl groups is 1. The van der Waals surface area contributed by atoms with Gasteiger partial charge in [0, 0.05) is 31.6 Å². The van der Waals surface area contributed by atoms with E-state index in [-0.39, 0.29) is 17.8 Å². The van der Waals surface area contributed by atoms with Crippen LogP contribution in [-0.2, 0) is 28.6 Å². The molecule has 0 spiro atoms. The third-order valence-corrected chi connectivity index (χ3v) is 7.33. The molecule has 0 amide bonds. The standard InChI is InChI=1S/C21H32O7/c1-9-8-13(25)15-16-14(9)21(15,7)19(28-12(4)24)17(26-10(2)22)18(20(16,5)6)27-11(3)23/h9,13-19,25H,8H2,1-7H3/t9-,13+,14-,15+,16-,17+,18+,19+,21-/m0/s1/i13D. The highest BCUT2D eigenvalue weighted by Crippen LogP contribution is 2.74. The summed E-state index contributed by atoms with van der Waals surface area (Å²) in [6.07, 6.45) is -4.27. The van der Waals surface area contributed by atoms with E-state index in [0.29, 0.717) is 6.42 Å². The Bertz CT molecular complexity index is 733. The monoisotopic (exact) mass is 397 g/mol. The Kier molecular flexibility index (Phi) is 4.72. The smallest absolute Gasteiger partial charge is 0.303 e. The second-order valence-corrected chi connectivity index (χ2v) is 9.52. The fourth-order valence-corrected chi connectivity index (χ4v) is 6.66. The molecule has 4 saturated carbocycles. The maximum absolute atomic E-state index is 12.0. The van der Waals surface area contributed by atoms with Gasteiger partial charge in [-0.15, -0.1) is 0 Å². The Hall–Kier alpha value is -1.63. The Morgan fingerprint density at radius 3 is 1.86 bits per heavy atom. The SMILES string of the molecule is [2H][C@@]1(O)C[C@H](C)[C@H]2[C@H]3[C@@H]1[C@@]2(C)[C@H](OC(C)=O)[C@H](OC(C)=O)[C@@H](OC(C)=O)C3(C)C. The Morgan fingerprint density at radius 2 is 1.39 bits per heavy atom. The lowest BCUT2D eigenvalue weighted by molar-refractivity contribution is -0.286. The highest BCUT2D eigenvalue weighted by Gasteiger charge is 2.78. The number of hydrogen-bond donors (Lipinski definition) is 1. The minimum Gasteiger partial charge on any atom is -0.458 e.